The van der Waals surface area contributed by atoms with Gasteiger partial charge in [-0.2, -0.15) is 13.2 Å². The van der Waals surface area contributed by atoms with Crippen molar-refractivity contribution in [2.75, 3.05) is 17.3 Å². The number of likely N-dealkylation sites (N-methyl/N-ethyl adjacent to an activating group) is 1. The molecule has 1 aromatic heterocycles. The van der Waals surface area contributed by atoms with E-state index in [1.165, 1.54) is 24.1 Å². The summed E-state index contributed by atoms with van der Waals surface area (Å²) >= 11 is 0. The molecule has 0 atom stereocenters. The van der Waals surface area contributed by atoms with E-state index in [2.05, 4.69) is 10.3 Å². The number of hydrogen-bond acceptors (Lipinski definition) is 3. The van der Waals surface area contributed by atoms with Crippen LogP contribution in [0.2, 0.25) is 0 Å². The van der Waals surface area contributed by atoms with Crippen molar-refractivity contribution in [2.24, 2.45) is 0 Å². The second-order valence-electron chi connectivity index (χ2n) is 6.07. The molecule has 0 radical (unpaired) electrons. The molecule has 0 aliphatic carbocycles. The summed E-state index contributed by atoms with van der Waals surface area (Å²) < 4.78 is 39.5. The van der Waals surface area contributed by atoms with Crippen molar-refractivity contribution in [3.63, 3.8) is 0 Å². The van der Waals surface area contributed by atoms with E-state index in [-0.39, 0.29) is 16.8 Å². The minimum absolute atomic E-state index is 0.0645. The fourth-order valence-corrected chi connectivity index (χ4v) is 2.82. The largest absolute Gasteiger partial charge is 0.417 e. The quantitative estimate of drug-likeness (QED) is 0.783. The molecular formula is C15H14F3N3O2. The number of aromatic amines is 1. The Morgan fingerprint density at radius 2 is 1.78 bits per heavy atom. The number of pyridine rings is 1. The molecule has 0 saturated heterocycles. The lowest BCUT2D eigenvalue weighted by Crippen LogP contribution is -2.52. The number of amides is 1. The van der Waals surface area contributed by atoms with Crippen LogP contribution >= 0.6 is 0 Å². The molecule has 1 aliphatic rings. The molecule has 2 N–H and O–H groups in total. The minimum atomic E-state index is -4.66. The Hall–Kier alpha value is -2.51. The van der Waals surface area contributed by atoms with Crippen LogP contribution in [0, 0.1) is 0 Å². The van der Waals surface area contributed by atoms with Crippen molar-refractivity contribution < 1.29 is 18.0 Å². The van der Waals surface area contributed by atoms with Crippen LogP contribution in [-0.4, -0.2) is 23.5 Å². The smallest absolute Gasteiger partial charge is 0.370 e. The van der Waals surface area contributed by atoms with Gasteiger partial charge in [-0.3, -0.25) is 9.59 Å². The number of nitrogens with zero attached hydrogens (tertiary/aromatic N) is 1. The third kappa shape index (κ3) is 2.34. The molecule has 1 amide bonds. The Labute approximate surface area is 129 Å². The predicted molar refractivity (Wildman–Crippen MR) is 80.7 cm³/mol. The SMILES string of the molecule is CN1C(=O)C(C)(C)Nc2cc3[nH]c(=O)cc(C(F)(F)F)c3cc21. The number of carbonyl (C=O) groups is 1. The van der Waals surface area contributed by atoms with Gasteiger partial charge in [0.05, 0.1) is 22.5 Å². The molecule has 8 heteroatoms. The highest BCUT2D eigenvalue weighted by Crippen LogP contribution is 2.40. The lowest BCUT2D eigenvalue weighted by atomic mass is 9.97. The Morgan fingerprint density at radius 3 is 2.39 bits per heavy atom. The first-order chi connectivity index (χ1) is 10.5. The van der Waals surface area contributed by atoms with E-state index < -0.39 is 22.8 Å². The summed E-state index contributed by atoms with van der Waals surface area (Å²) in [6.45, 7) is 3.35. The summed E-state index contributed by atoms with van der Waals surface area (Å²) in [5.41, 5.74) is -1.86. The monoisotopic (exact) mass is 325 g/mol. The first kappa shape index (κ1) is 15.4. The van der Waals surface area contributed by atoms with Gasteiger partial charge in [-0.25, -0.2) is 0 Å². The Kier molecular flexibility index (Phi) is 3.01. The van der Waals surface area contributed by atoms with E-state index in [0.29, 0.717) is 17.4 Å². The fraction of sp³-hybridized carbons (Fsp3) is 0.333. The topological polar surface area (TPSA) is 65.2 Å². The van der Waals surface area contributed by atoms with Gasteiger partial charge in [-0.15, -0.1) is 0 Å². The molecule has 1 aromatic carbocycles. The van der Waals surface area contributed by atoms with Crippen molar-refractivity contribution in [2.45, 2.75) is 25.6 Å². The Morgan fingerprint density at radius 1 is 1.13 bits per heavy atom. The van der Waals surface area contributed by atoms with Gasteiger partial charge in [0.25, 0.3) is 5.91 Å². The predicted octanol–water partition coefficient (Wildman–Crippen LogP) is 2.71. The number of anilines is 2. The van der Waals surface area contributed by atoms with Gasteiger partial charge in [0.1, 0.15) is 5.54 Å². The first-order valence-electron chi connectivity index (χ1n) is 6.85. The minimum Gasteiger partial charge on any atom is -0.370 e. The Bertz CT molecular complexity index is 884. The lowest BCUT2D eigenvalue weighted by Gasteiger charge is -2.38. The van der Waals surface area contributed by atoms with Crippen molar-refractivity contribution >= 4 is 28.2 Å². The van der Waals surface area contributed by atoms with Gasteiger partial charge < -0.3 is 15.2 Å². The number of H-pyrrole nitrogens is 1. The number of benzene rings is 1. The zero-order chi connectivity index (χ0) is 17.2. The van der Waals surface area contributed by atoms with E-state index >= 15 is 0 Å². The number of nitrogens with one attached hydrogen (secondary N) is 2. The van der Waals surface area contributed by atoms with Crippen LogP contribution in [0.5, 0.6) is 0 Å². The highest BCUT2D eigenvalue weighted by molar-refractivity contribution is 6.09. The maximum absolute atomic E-state index is 13.2. The third-order valence-corrected chi connectivity index (χ3v) is 3.91. The number of halogens is 3. The van der Waals surface area contributed by atoms with Gasteiger partial charge in [0.2, 0.25) is 5.56 Å². The summed E-state index contributed by atoms with van der Waals surface area (Å²) in [5.74, 6) is -0.262. The number of aromatic nitrogens is 1. The highest BCUT2D eigenvalue weighted by Gasteiger charge is 2.38. The van der Waals surface area contributed by atoms with E-state index in [0.717, 1.165) is 0 Å². The normalized spacial score (nSPS) is 17.1. The average Bonchev–Trinajstić information content (AvgIpc) is 2.41. The van der Waals surface area contributed by atoms with Crippen molar-refractivity contribution in [3.05, 3.63) is 34.1 Å². The van der Waals surface area contributed by atoms with Crippen LogP contribution in [0.15, 0.2) is 23.0 Å². The fourth-order valence-electron chi connectivity index (χ4n) is 2.82. The van der Waals surface area contributed by atoms with Gasteiger partial charge in [0.15, 0.2) is 0 Å². The molecule has 0 bridgehead atoms. The first-order valence-corrected chi connectivity index (χ1v) is 6.85. The van der Waals surface area contributed by atoms with Gasteiger partial charge in [0, 0.05) is 18.5 Å². The molecule has 0 saturated carbocycles. The molecule has 0 spiro atoms. The second kappa shape index (κ2) is 4.50. The molecule has 2 aromatic rings. The molecule has 5 nitrogen and oxygen atoms in total. The van der Waals surface area contributed by atoms with Crippen LogP contribution in [0.3, 0.4) is 0 Å². The second-order valence-corrected chi connectivity index (χ2v) is 6.07. The standard InChI is InChI=1S/C15H14F3N3O2/c1-14(2)13(23)21(3)11-4-7-8(15(16,17)18)5-12(22)19-9(7)6-10(11)20-14/h4-6,20H,1-3H3,(H,19,22). The van der Waals surface area contributed by atoms with Crippen LogP contribution in [0.1, 0.15) is 19.4 Å². The van der Waals surface area contributed by atoms with Crippen LogP contribution < -0.4 is 15.8 Å². The summed E-state index contributed by atoms with van der Waals surface area (Å²) in [6, 6.07) is 3.21. The molecule has 0 unspecified atom stereocenters. The van der Waals surface area contributed by atoms with Gasteiger partial charge >= 0.3 is 6.18 Å². The van der Waals surface area contributed by atoms with Crippen molar-refractivity contribution in [1.82, 2.24) is 4.98 Å². The molecule has 2 heterocycles. The third-order valence-electron chi connectivity index (χ3n) is 3.91. The lowest BCUT2D eigenvalue weighted by molar-refractivity contribution is -0.136. The molecule has 23 heavy (non-hydrogen) atoms. The number of rotatable bonds is 0. The zero-order valence-corrected chi connectivity index (χ0v) is 12.6. The van der Waals surface area contributed by atoms with Crippen molar-refractivity contribution in [1.29, 1.82) is 0 Å². The summed E-state index contributed by atoms with van der Waals surface area (Å²) in [4.78, 5) is 27.5. The molecule has 122 valence electrons. The van der Waals surface area contributed by atoms with Gasteiger partial charge in [-0.1, -0.05) is 0 Å². The van der Waals surface area contributed by atoms with E-state index in [1.807, 2.05) is 0 Å². The molecule has 0 fully saturated rings. The maximum Gasteiger partial charge on any atom is 0.417 e. The number of hydrogen-bond donors (Lipinski definition) is 2. The maximum atomic E-state index is 13.2. The number of alkyl halides is 3. The van der Waals surface area contributed by atoms with E-state index in [9.17, 15) is 22.8 Å². The van der Waals surface area contributed by atoms with Crippen LogP contribution in [0.25, 0.3) is 10.9 Å². The molecular weight excluding hydrogens is 311 g/mol. The number of carbonyl (C=O) groups excluding carboxylic acids is 1. The zero-order valence-electron chi connectivity index (χ0n) is 12.6. The molecule has 3 rings (SSSR count). The molecule has 1 aliphatic heterocycles. The highest BCUT2D eigenvalue weighted by atomic mass is 19.4. The van der Waals surface area contributed by atoms with E-state index in [1.54, 1.807) is 13.8 Å². The Balaban J connectivity index is 2.35. The van der Waals surface area contributed by atoms with Crippen LogP contribution in [0.4, 0.5) is 24.5 Å². The van der Waals surface area contributed by atoms with Crippen LogP contribution in [-0.2, 0) is 11.0 Å². The average molecular weight is 325 g/mol. The van der Waals surface area contributed by atoms with E-state index in [4.69, 9.17) is 0 Å². The van der Waals surface area contributed by atoms with Gasteiger partial charge in [-0.05, 0) is 26.0 Å². The summed E-state index contributed by atoms with van der Waals surface area (Å²) in [7, 11) is 1.51. The summed E-state index contributed by atoms with van der Waals surface area (Å²) in [5, 5.41) is 2.84. The van der Waals surface area contributed by atoms with Crippen molar-refractivity contribution in [3.8, 4) is 0 Å². The summed E-state index contributed by atoms with van der Waals surface area (Å²) in [6.07, 6.45) is -4.66. The number of fused-ring (bicyclic) bond motifs is 2.